The Bertz CT molecular complexity index is 514. The molecular formula is C12H6Br4O. The van der Waals surface area contributed by atoms with Crippen molar-refractivity contribution in [1.29, 1.82) is 0 Å². The molecule has 0 amide bonds. The molecule has 2 rings (SSSR count). The van der Waals surface area contributed by atoms with E-state index in [1.165, 1.54) is 0 Å². The van der Waals surface area contributed by atoms with E-state index in [9.17, 15) is 0 Å². The normalized spacial score (nSPS) is 10.4. The number of halogens is 4. The molecule has 0 fully saturated rings. The van der Waals surface area contributed by atoms with Crippen LogP contribution in [-0.2, 0) is 0 Å². The lowest BCUT2D eigenvalue weighted by Gasteiger charge is -2.12. The second kappa shape index (κ2) is 5.87. The van der Waals surface area contributed by atoms with Crippen molar-refractivity contribution in [3.8, 4) is 11.5 Å². The summed E-state index contributed by atoms with van der Waals surface area (Å²) in [7, 11) is 0. The quantitative estimate of drug-likeness (QED) is 0.440. The summed E-state index contributed by atoms with van der Waals surface area (Å²) in [5.41, 5.74) is 0. The predicted octanol–water partition coefficient (Wildman–Crippen LogP) is 6.53. The molecule has 88 valence electrons. The molecule has 0 saturated heterocycles. The lowest BCUT2D eigenvalue weighted by atomic mass is 10.3. The van der Waals surface area contributed by atoms with E-state index >= 15 is 0 Å². The highest BCUT2D eigenvalue weighted by molar-refractivity contribution is 9.14. The van der Waals surface area contributed by atoms with Crippen LogP contribution in [0.25, 0.3) is 0 Å². The summed E-state index contributed by atoms with van der Waals surface area (Å²) < 4.78 is 9.45. The second-order valence-corrected chi connectivity index (χ2v) is 6.51. The zero-order chi connectivity index (χ0) is 12.4. The van der Waals surface area contributed by atoms with E-state index in [1.54, 1.807) is 0 Å². The number of rotatable bonds is 2. The number of hydrogen-bond acceptors (Lipinski definition) is 1. The zero-order valence-electron chi connectivity index (χ0n) is 8.38. The average Bonchev–Trinajstić information content (AvgIpc) is 2.33. The maximum absolute atomic E-state index is 5.85. The highest BCUT2D eigenvalue weighted by Gasteiger charge is 2.14. The molecule has 0 aliphatic heterocycles. The summed E-state index contributed by atoms with van der Waals surface area (Å²) >= 11 is 13.9. The van der Waals surface area contributed by atoms with Crippen molar-refractivity contribution in [2.45, 2.75) is 0 Å². The van der Waals surface area contributed by atoms with Crippen molar-refractivity contribution in [2.24, 2.45) is 0 Å². The lowest BCUT2D eigenvalue weighted by Crippen LogP contribution is -1.88. The summed E-state index contributed by atoms with van der Waals surface area (Å²) in [6.07, 6.45) is 0. The molecule has 0 saturated carbocycles. The number of hydrogen-bond donors (Lipinski definition) is 0. The molecule has 0 radical (unpaired) electrons. The molecule has 0 spiro atoms. The fourth-order valence-corrected chi connectivity index (χ4v) is 3.43. The standard InChI is InChI=1S/C12H6Br4O/c13-8-6-9(14)11(16)12(10(8)15)17-7-4-2-1-3-5-7/h1-6H. The van der Waals surface area contributed by atoms with Crippen molar-refractivity contribution >= 4 is 63.7 Å². The first-order valence-corrected chi connectivity index (χ1v) is 7.82. The van der Waals surface area contributed by atoms with Gasteiger partial charge in [0.1, 0.15) is 5.75 Å². The van der Waals surface area contributed by atoms with E-state index in [-0.39, 0.29) is 0 Å². The van der Waals surface area contributed by atoms with Crippen molar-refractivity contribution in [3.05, 3.63) is 54.3 Å². The SMILES string of the molecule is Brc1cc(Br)c(Br)c(Oc2ccccc2)c1Br. The first-order chi connectivity index (χ1) is 8.09. The van der Waals surface area contributed by atoms with Gasteiger partial charge < -0.3 is 4.74 Å². The zero-order valence-corrected chi connectivity index (χ0v) is 14.7. The molecular weight excluding hydrogens is 480 g/mol. The maximum atomic E-state index is 5.85. The number of para-hydroxylation sites is 1. The van der Waals surface area contributed by atoms with Gasteiger partial charge in [0.2, 0.25) is 0 Å². The molecule has 0 aliphatic carbocycles. The Kier molecular flexibility index (Phi) is 4.69. The van der Waals surface area contributed by atoms with E-state index < -0.39 is 0 Å². The molecule has 0 aliphatic rings. The summed E-state index contributed by atoms with van der Waals surface area (Å²) in [5.74, 6) is 1.52. The van der Waals surface area contributed by atoms with Crippen molar-refractivity contribution in [3.63, 3.8) is 0 Å². The Morgan fingerprint density at radius 3 is 1.82 bits per heavy atom. The van der Waals surface area contributed by atoms with Crippen LogP contribution >= 0.6 is 63.7 Å². The van der Waals surface area contributed by atoms with E-state index in [4.69, 9.17) is 4.74 Å². The van der Waals surface area contributed by atoms with Gasteiger partial charge in [-0.3, -0.25) is 0 Å². The Morgan fingerprint density at radius 1 is 0.765 bits per heavy atom. The van der Waals surface area contributed by atoms with Crippen LogP contribution in [0.15, 0.2) is 54.3 Å². The van der Waals surface area contributed by atoms with Crippen molar-refractivity contribution in [2.75, 3.05) is 0 Å². The van der Waals surface area contributed by atoms with Crippen LogP contribution in [0.5, 0.6) is 11.5 Å². The Labute approximate surface area is 133 Å². The summed E-state index contributed by atoms with van der Waals surface area (Å²) in [6, 6.07) is 11.6. The van der Waals surface area contributed by atoms with Gasteiger partial charge >= 0.3 is 0 Å². The summed E-state index contributed by atoms with van der Waals surface area (Å²) in [4.78, 5) is 0. The molecule has 0 N–H and O–H groups in total. The fraction of sp³-hybridized carbons (Fsp3) is 0. The largest absolute Gasteiger partial charge is 0.455 e. The van der Waals surface area contributed by atoms with Crippen molar-refractivity contribution < 1.29 is 4.74 Å². The van der Waals surface area contributed by atoms with E-state index in [1.807, 2.05) is 36.4 Å². The minimum Gasteiger partial charge on any atom is -0.455 e. The highest BCUT2D eigenvalue weighted by atomic mass is 79.9. The van der Waals surface area contributed by atoms with Crippen LogP contribution in [0.3, 0.4) is 0 Å². The van der Waals surface area contributed by atoms with E-state index in [0.717, 1.165) is 29.4 Å². The molecule has 0 aromatic heterocycles. The monoisotopic (exact) mass is 482 g/mol. The van der Waals surface area contributed by atoms with Crippen LogP contribution in [0, 0.1) is 0 Å². The lowest BCUT2D eigenvalue weighted by molar-refractivity contribution is 0.475. The second-order valence-electron chi connectivity index (χ2n) is 3.21. The highest BCUT2D eigenvalue weighted by Crippen LogP contribution is 2.44. The van der Waals surface area contributed by atoms with Crippen molar-refractivity contribution in [1.82, 2.24) is 0 Å². The van der Waals surface area contributed by atoms with Gasteiger partial charge in [-0.25, -0.2) is 0 Å². The molecule has 2 aromatic rings. The van der Waals surface area contributed by atoms with Gasteiger partial charge in [-0.15, -0.1) is 0 Å². The Hall–Kier alpha value is 0.160. The van der Waals surface area contributed by atoms with Crippen LogP contribution in [0.1, 0.15) is 0 Å². The van der Waals surface area contributed by atoms with Gasteiger partial charge in [0, 0.05) is 8.95 Å². The summed E-state index contributed by atoms with van der Waals surface area (Å²) in [5, 5.41) is 0. The molecule has 0 atom stereocenters. The molecule has 0 heterocycles. The van der Waals surface area contributed by atoms with Gasteiger partial charge in [-0.1, -0.05) is 18.2 Å². The Balaban J connectivity index is 2.46. The van der Waals surface area contributed by atoms with Crippen LogP contribution in [0.4, 0.5) is 0 Å². The first-order valence-electron chi connectivity index (χ1n) is 4.65. The molecule has 2 aromatic carbocycles. The van der Waals surface area contributed by atoms with Gasteiger partial charge in [0.15, 0.2) is 5.75 Å². The minimum atomic E-state index is 0.734. The van der Waals surface area contributed by atoms with Crippen LogP contribution < -0.4 is 4.74 Å². The third-order valence-corrected chi connectivity index (χ3v) is 5.92. The van der Waals surface area contributed by atoms with Gasteiger partial charge in [-0.05, 0) is 81.9 Å². The molecule has 0 bridgehead atoms. The molecule has 1 nitrogen and oxygen atoms in total. The van der Waals surface area contributed by atoms with E-state index in [0.29, 0.717) is 0 Å². The third kappa shape index (κ3) is 3.13. The van der Waals surface area contributed by atoms with Gasteiger partial charge in [-0.2, -0.15) is 0 Å². The van der Waals surface area contributed by atoms with Crippen LogP contribution in [0.2, 0.25) is 0 Å². The first kappa shape index (κ1) is 13.6. The molecule has 0 unspecified atom stereocenters. The molecule has 5 heteroatoms. The smallest absolute Gasteiger partial charge is 0.158 e. The maximum Gasteiger partial charge on any atom is 0.158 e. The fourth-order valence-electron chi connectivity index (χ4n) is 1.25. The van der Waals surface area contributed by atoms with E-state index in [2.05, 4.69) is 63.7 Å². The molecule has 17 heavy (non-hydrogen) atoms. The average molecular weight is 486 g/mol. The van der Waals surface area contributed by atoms with Gasteiger partial charge in [0.25, 0.3) is 0 Å². The predicted molar refractivity (Wildman–Crippen MR) is 83.8 cm³/mol. The Morgan fingerprint density at radius 2 is 1.29 bits per heavy atom. The topological polar surface area (TPSA) is 9.23 Å². The summed E-state index contributed by atoms with van der Waals surface area (Å²) in [6.45, 7) is 0. The third-order valence-electron chi connectivity index (χ3n) is 2.03. The minimum absolute atomic E-state index is 0.734. The van der Waals surface area contributed by atoms with Crippen LogP contribution in [-0.4, -0.2) is 0 Å². The van der Waals surface area contributed by atoms with Gasteiger partial charge in [0.05, 0.1) is 8.95 Å². The number of ether oxygens (including phenoxy) is 1. The number of benzene rings is 2.